The van der Waals surface area contributed by atoms with E-state index in [0.717, 1.165) is 6.07 Å². The van der Waals surface area contributed by atoms with Crippen LogP contribution in [0.15, 0.2) is 46.9 Å². The molecule has 38 heavy (non-hydrogen) atoms. The van der Waals surface area contributed by atoms with Gasteiger partial charge in [0.15, 0.2) is 0 Å². The first-order valence-electron chi connectivity index (χ1n) is 11.9. The molecule has 3 amide bonds. The van der Waals surface area contributed by atoms with E-state index in [1.807, 2.05) is 13.8 Å². The quantitative estimate of drug-likeness (QED) is 0.279. The number of carboxylic acid groups (broad SMARTS) is 1. The highest BCUT2D eigenvalue weighted by Gasteiger charge is 2.31. The first kappa shape index (κ1) is 27.5. The predicted molar refractivity (Wildman–Crippen MR) is 144 cm³/mol. The highest BCUT2D eigenvalue weighted by Crippen LogP contribution is 2.33. The van der Waals surface area contributed by atoms with Crippen LogP contribution in [-0.2, 0) is 0 Å². The number of amidine groups is 1. The number of piperazine rings is 1. The van der Waals surface area contributed by atoms with E-state index in [1.165, 1.54) is 40.5 Å². The number of urea groups is 1. The third-order valence-corrected chi connectivity index (χ3v) is 7.27. The summed E-state index contributed by atoms with van der Waals surface area (Å²) in [6.45, 7) is 6.08. The highest BCUT2D eigenvalue weighted by atomic mass is 35.5. The summed E-state index contributed by atoms with van der Waals surface area (Å²) < 4.78 is 30.1. The molecular weight excluding hydrogens is 536 g/mol. The maximum Gasteiger partial charge on any atom is 0.407 e. The average Bonchev–Trinajstić information content (AvgIpc) is 3.33. The minimum atomic E-state index is -1.07. The zero-order valence-corrected chi connectivity index (χ0v) is 22.5. The molecule has 2 heterocycles. The van der Waals surface area contributed by atoms with E-state index in [2.05, 4.69) is 15.3 Å². The van der Waals surface area contributed by atoms with Crippen LogP contribution in [0.3, 0.4) is 0 Å². The van der Waals surface area contributed by atoms with Crippen molar-refractivity contribution in [2.24, 2.45) is 4.99 Å². The Bertz CT molecular complexity index is 1400. The van der Waals surface area contributed by atoms with Gasteiger partial charge in [-0.3, -0.25) is 5.32 Å². The number of thiazole rings is 1. The standard InChI is InChI=1S/C26H26ClF2N5O3S/c1-14(2)22-24(38-13-30-22)32-25(35)31-23(34-9-8-33(26(36)37)12-15(34)3)18-10-19(27)17(11-21(18)29)16-6-4-5-7-20(16)28/h4-7,10-11,13-15H,8-9,12H2,1-3H3,(H,32,35)(H,36,37)/b31-23+. The van der Waals surface area contributed by atoms with Crippen LogP contribution in [0.4, 0.5) is 23.4 Å². The predicted octanol–water partition coefficient (Wildman–Crippen LogP) is 6.53. The summed E-state index contributed by atoms with van der Waals surface area (Å²) in [6, 6.07) is 7.14. The SMILES string of the molecule is CC(C)c1ncsc1NC(=O)/N=C(\c1cc(Cl)c(-c2ccccc2F)cc1F)N1CCN(C(=O)O)CC1C. The van der Waals surface area contributed by atoms with Crippen LogP contribution in [0, 0.1) is 11.6 Å². The third kappa shape index (κ3) is 5.78. The second-order valence-electron chi connectivity index (χ2n) is 9.15. The number of aliphatic imine (C=N–C) groups is 1. The summed E-state index contributed by atoms with van der Waals surface area (Å²) in [4.78, 5) is 36.0. The van der Waals surface area contributed by atoms with E-state index in [1.54, 1.807) is 23.4 Å². The maximum atomic E-state index is 15.6. The fraction of sp³-hybridized carbons (Fsp3) is 0.308. The van der Waals surface area contributed by atoms with Crippen LogP contribution in [0.1, 0.15) is 37.9 Å². The fourth-order valence-electron chi connectivity index (χ4n) is 4.31. The van der Waals surface area contributed by atoms with Crippen molar-refractivity contribution < 1.29 is 23.5 Å². The lowest BCUT2D eigenvalue weighted by Crippen LogP contribution is -2.55. The van der Waals surface area contributed by atoms with E-state index in [-0.39, 0.29) is 53.1 Å². The molecule has 0 bridgehead atoms. The first-order valence-corrected chi connectivity index (χ1v) is 13.1. The van der Waals surface area contributed by atoms with Gasteiger partial charge in [-0.15, -0.1) is 11.3 Å². The molecule has 0 radical (unpaired) electrons. The fourth-order valence-corrected chi connectivity index (χ4v) is 5.40. The molecule has 1 aliphatic rings. The van der Waals surface area contributed by atoms with Gasteiger partial charge in [0, 0.05) is 41.8 Å². The highest BCUT2D eigenvalue weighted by molar-refractivity contribution is 7.14. The number of carbonyl (C=O) groups is 2. The minimum absolute atomic E-state index is 0.00450. The van der Waals surface area contributed by atoms with Crippen molar-refractivity contribution >= 4 is 45.9 Å². The van der Waals surface area contributed by atoms with Gasteiger partial charge in [-0.2, -0.15) is 4.99 Å². The molecule has 1 unspecified atom stereocenters. The number of anilines is 1. The van der Waals surface area contributed by atoms with Crippen LogP contribution in [0.25, 0.3) is 11.1 Å². The smallest absolute Gasteiger partial charge is 0.407 e. The topological polar surface area (TPSA) is 98.1 Å². The number of hydrogen-bond acceptors (Lipinski definition) is 4. The van der Waals surface area contributed by atoms with Crippen molar-refractivity contribution in [1.29, 1.82) is 0 Å². The van der Waals surface area contributed by atoms with Crippen LogP contribution in [-0.4, -0.2) is 63.5 Å². The van der Waals surface area contributed by atoms with Gasteiger partial charge in [0.05, 0.1) is 16.8 Å². The molecule has 1 aromatic heterocycles. The second-order valence-corrected chi connectivity index (χ2v) is 10.4. The van der Waals surface area contributed by atoms with E-state index in [9.17, 15) is 19.1 Å². The van der Waals surface area contributed by atoms with Gasteiger partial charge in [0.1, 0.15) is 22.5 Å². The maximum absolute atomic E-state index is 15.6. The summed E-state index contributed by atoms with van der Waals surface area (Å²) in [5, 5.41) is 12.7. The zero-order valence-electron chi connectivity index (χ0n) is 20.9. The van der Waals surface area contributed by atoms with Crippen molar-refractivity contribution in [2.75, 3.05) is 25.0 Å². The Morgan fingerprint density at radius 2 is 1.92 bits per heavy atom. The first-order chi connectivity index (χ1) is 18.1. The Balaban J connectivity index is 1.76. The number of amides is 3. The van der Waals surface area contributed by atoms with Crippen molar-refractivity contribution in [3.8, 4) is 11.1 Å². The third-order valence-electron chi connectivity index (χ3n) is 6.20. The van der Waals surface area contributed by atoms with Gasteiger partial charge in [0.25, 0.3) is 0 Å². The molecule has 1 fully saturated rings. The summed E-state index contributed by atoms with van der Waals surface area (Å²) >= 11 is 7.75. The van der Waals surface area contributed by atoms with Crippen LogP contribution in [0.5, 0.6) is 0 Å². The Morgan fingerprint density at radius 3 is 2.58 bits per heavy atom. The summed E-state index contributed by atoms with van der Waals surface area (Å²) in [5.74, 6) is -1.26. The molecule has 0 aliphatic carbocycles. The molecule has 8 nitrogen and oxygen atoms in total. The molecule has 200 valence electrons. The van der Waals surface area contributed by atoms with Crippen molar-refractivity contribution in [3.63, 3.8) is 0 Å². The zero-order chi connectivity index (χ0) is 27.6. The van der Waals surface area contributed by atoms with E-state index in [0.29, 0.717) is 10.7 Å². The van der Waals surface area contributed by atoms with Crippen LogP contribution >= 0.6 is 22.9 Å². The number of nitrogens with one attached hydrogen (secondary N) is 1. The molecule has 2 N–H and O–H groups in total. The molecule has 12 heteroatoms. The number of carbonyl (C=O) groups excluding carboxylic acids is 1. The Hall–Kier alpha value is -3.57. The molecule has 4 rings (SSSR count). The normalized spacial score (nSPS) is 16.2. The lowest BCUT2D eigenvalue weighted by molar-refractivity contribution is 0.106. The molecule has 1 atom stereocenters. The number of halogens is 3. The second kappa shape index (κ2) is 11.4. The molecule has 2 aromatic carbocycles. The van der Waals surface area contributed by atoms with Crippen LogP contribution in [0.2, 0.25) is 5.02 Å². The van der Waals surface area contributed by atoms with Gasteiger partial charge in [0.2, 0.25) is 0 Å². The molecule has 0 saturated carbocycles. The minimum Gasteiger partial charge on any atom is -0.465 e. The molecule has 1 saturated heterocycles. The lowest BCUT2D eigenvalue weighted by Gasteiger charge is -2.40. The van der Waals surface area contributed by atoms with Crippen molar-refractivity contribution in [2.45, 2.75) is 32.7 Å². The number of nitrogens with zero attached hydrogens (tertiary/aromatic N) is 4. The van der Waals surface area contributed by atoms with Gasteiger partial charge >= 0.3 is 12.1 Å². The van der Waals surface area contributed by atoms with E-state index in [4.69, 9.17) is 11.6 Å². The Labute approximate surface area is 227 Å². The molecule has 1 aliphatic heterocycles. The monoisotopic (exact) mass is 561 g/mol. The van der Waals surface area contributed by atoms with E-state index >= 15 is 4.39 Å². The lowest BCUT2D eigenvalue weighted by atomic mass is 10.0. The van der Waals surface area contributed by atoms with Crippen molar-refractivity contribution in [1.82, 2.24) is 14.8 Å². The molecular formula is C26H26ClF2N5O3S. The van der Waals surface area contributed by atoms with Gasteiger partial charge in [-0.05, 0) is 31.0 Å². The van der Waals surface area contributed by atoms with Gasteiger partial charge in [-0.25, -0.2) is 23.4 Å². The number of rotatable bonds is 4. The number of aromatic nitrogens is 1. The summed E-state index contributed by atoms with van der Waals surface area (Å²) in [7, 11) is 0. The summed E-state index contributed by atoms with van der Waals surface area (Å²) in [5.41, 5.74) is 2.55. The largest absolute Gasteiger partial charge is 0.465 e. The average molecular weight is 562 g/mol. The Kier molecular flexibility index (Phi) is 8.27. The van der Waals surface area contributed by atoms with Gasteiger partial charge in [-0.1, -0.05) is 43.6 Å². The van der Waals surface area contributed by atoms with Crippen molar-refractivity contribution in [3.05, 3.63) is 69.8 Å². The molecule has 0 spiro atoms. The van der Waals surface area contributed by atoms with Crippen LogP contribution < -0.4 is 5.32 Å². The number of hydrogen-bond donors (Lipinski definition) is 2. The van der Waals surface area contributed by atoms with Gasteiger partial charge < -0.3 is 14.9 Å². The summed E-state index contributed by atoms with van der Waals surface area (Å²) in [6.07, 6.45) is -1.07. The Morgan fingerprint density at radius 1 is 1.18 bits per heavy atom. The number of benzene rings is 2. The molecule has 3 aromatic rings. The van der Waals surface area contributed by atoms with E-state index < -0.39 is 29.8 Å².